The molecule has 0 spiro atoms. The Morgan fingerprint density at radius 3 is 2.12 bits per heavy atom. The highest BCUT2D eigenvalue weighted by molar-refractivity contribution is 5.79. The molecular formula is C19H19NO4. The minimum Gasteiger partial charge on any atom is -0.464 e. The number of nitrogens with one attached hydrogen (secondary N) is 1. The van der Waals surface area contributed by atoms with Crippen LogP contribution in [-0.2, 0) is 14.3 Å². The molecule has 1 aliphatic carbocycles. The minimum absolute atomic E-state index is 0.0385. The second-order valence-electron chi connectivity index (χ2n) is 5.59. The summed E-state index contributed by atoms with van der Waals surface area (Å²) in [5.41, 5.74) is 4.73. The maximum Gasteiger partial charge on any atom is 0.407 e. The number of alkyl carbamates (subject to hydrolysis) is 1. The minimum atomic E-state index is -0.510. The lowest BCUT2D eigenvalue weighted by molar-refractivity contribution is -0.140. The SMILES string of the molecule is CC(=O)OCCNC(=O)OCC1c2ccccc2-c2ccccc21. The molecule has 0 radical (unpaired) electrons. The first-order chi connectivity index (χ1) is 11.7. The van der Waals surface area contributed by atoms with Crippen molar-refractivity contribution in [1.82, 2.24) is 5.32 Å². The molecule has 0 fully saturated rings. The number of amides is 1. The predicted octanol–water partition coefficient (Wildman–Crippen LogP) is 3.09. The van der Waals surface area contributed by atoms with Crippen LogP contribution in [0.2, 0.25) is 0 Å². The smallest absolute Gasteiger partial charge is 0.407 e. The molecule has 2 aromatic rings. The Hall–Kier alpha value is -2.82. The molecule has 5 nitrogen and oxygen atoms in total. The zero-order valence-electron chi connectivity index (χ0n) is 13.5. The normalized spacial score (nSPS) is 12.2. The van der Waals surface area contributed by atoms with Crippen LogP contribution in [0.25, 0.3) is 11.1 Å². The summed E-state index contributed by atoms with van der Waals surface area (Å²) in [5.74, 6) is -0.332. The van der Waals surface area contributed by atoms with E-state index in [1.54, 1.807) is 0 Å². The van der Waals surface area contributed by atoms with E-state index >= 15 is 0 Å². The maximum atomic E-state index is 11.8. The average molecular weight is 325 g/mol. The zero-order chi connectivity index (χ0) is 16.9. The summed E-state index contributed by atoms with van der Waals surface area (Å²) < 4.78 is 10.1. The Kier molecular flexibility index (Phi) is 4.79. The average Bonchev–Trinajstić information content (AvgIpc) is 2.91. The molecule has 0 heterocycles. The van der Waals surface area contributed by atoms with Gasteiger partial charge in [-0.25, -0.2) is 4.79 Å². The first-order valence-corrected chi connectivity index (χ1v) is 7.89. The number of fused-ring (bicyclic) bond motifs is 3. The van der Waals surface area contributed by atoms with E-state index in [1.165, 1.54) is 29.2 Å². The van der Waals surface area contributed by atoms with Gasteiger partial charge in [0.2, 0.25) is 0 Å². The first kappa shape index (κ1) is 16.1. The summed E-state index contributed by atoms with van der Waals surface area (Å²) in [6.45, 7) is 1.97. The van der Waals surface area contributed by atoms with Crippen molar-refractivity contribution in [3.63, 3.8) is 0 Å². The number of benzene rings is 2. The first-order valence-electron chi connectivity index (χ1n) is 7.89. The molecule has 24 heavy (non-hydrogen) atoms. The predicted molar refractivity (Wildman–Crippen MR) is 89.7 cm³/mol. The zero-order valence-corrected chi connectivity index (χ0v) is 13.5. The molecule has 0 unspecified atom stereocenters. The number of hydrogen-bond donors (Lipinski definition) is 1. The van der Waals surface area contributed by atoms with Gasteiger partial charge in [0.15, 0.2) is 0 Å². The summed E-state index contributed by atoms with van der Waals surface area (Å²) in [7, 11) is 0. The number of ether oxygens (including phenoxy) is 2. The van der Waals surface area contributed by atoms with Crippen LogP contribution in [0, 0.1) is 0 Å². The number of carbonyl (C=O) groups excluding carboxylic acids is 2. The Morgan fingerprint density at radius 1 is 0.958 bits per heavy atom. The van der Waals surface area contributed by atoms with Crippen LogP contribution in [0.1, 0.15) is 24.0 Å². The lowest BCUT2D eigenvalue weighted by atomic mass is 9.98. The quantitative estimate of drug-likeness (QED) is 0.678. The van der Waals surface area contributed by atoms with Crippen molar-refractivity contribution in [1.29, 1.82) is 0 Å². The maximum absolute atomic E-state index is 11.8. The highest BCUT2D eigenvalue weighted by atomic mass is 16.6. The van der Waals surface area contributed by atoms with Crippen molar-refractivity contribution in [2.75, 3.05) is 19.8 Å². The molecule has 1 aliphatic rings. The van der Waals surface area contributed by atoms with E-state index in [4.69, 9.17) is 9.47 Å². The lowest BCUT2D eigenvalue weighted by Gasteiger charge is -2.14. The van der Waals surface area contributed by atoms with Crippen molar-refractivity contribution >= 4 is 12.1 Å². The summed E-state index contributed by atoms with van der Waals surface area (Å²) in [5, 5.41) is 2.57. The topological polar surface area (TPSA) is 64.6 Å². The van der Waals surface area contributed by atoms with E-state index in [9.17, 15) is 9.59 Å². The molecule has 2 aromatic carbocycles. The number of rotatable bonds is 5. The van der Waals surface area contributed by atoms with Gasteiger partial charge in [0.05, 0.1) is 6.54 Å². The Bertz CT molecular complexity index is 711. The number of esters is 1. The van der Waals surface area contributed by atoms with Gasteiger partial charge >= 0.3 is 12.1 Å². The number of hydrogen-bond acceptors (Lipinski definition) is 4. The van der Waals surface area contributed by atoms with Crippen LogP contribution in [0.3, 0.4) is 0 Å². The molecule has 0 atom stereocenters. The van der Waals surface area contributed by atoms with Crippen LogP contribution < -0.4 is 5.32 Å². The molecule has 0 saturated heterocycles. The molecule has 0 aliphatic heterocycles. The van der Waals surface area contributed by atoms with Gasteiger partial charge in [0.1, 0.15) is 13.2 Å². The second-order valence-corrected chi connectivity index (χ2v) is 5.59. The van der Waals surface area contributed by atoms with Gasteiger partial charge in [0, 0.05) is 12.8 Å². The van der Waals surface area contributed by atoms with Crippen molar-refractivity contribution in [3.8, 4) is 11.1 Å². The number of carbonyl (C=O) groups is 2. The Morgan fingerprint density at radius 2 is 1.54 bits per heavy atom. The molecule has 124 valence electrons. The van der Waals surface area contributed by atoms with E-state index < -0.39 is 6.09 Å². The summed E-state index contributed by atoms with van der Waals surface area (Å²) in [4.78, 5) is 22.5. The van der Waals surface area contributed by atoms with Gasteiger partial charge in [-0.15, -0.1) is 0 Å². The molecule has 0 aromatic heterocycles. The molecule has 3 rings (SSSR count). The monoisotopic (exact) mass is 325 g/mol. The van der Waals surface area contributed by atoms with Gasteiger partial charge in [-0.1, -0.05) is 48.5 Å². The highest BCUT2D eigenvalue weighted by Crippen LogP contribution is 2.44. The van der Waals surface area contributed by atoms with E-state index in [0.29, 0.717) is 0 Å². The molecule has 1 N–H and O–H groups in total. The van der Waals surface area contributed by atoms with Crippen LogP contribution in [0.5, 0.6) is 0 Å². The van der Waals surface area contributed by atoms with Gasteiger partial charge in [0.25, 0.3) is 0 Å². The molecule has 5 heteroatoms. The standard InChI is InChI=1S/C19H19NO4/c1-13(21)23-11-10-20-19(22)24-12-18-16-8-4-2-6-14(16)15-7-3-5-9-17(15)18/h2-9,18H,10-12H2,1H3,(H,20,22). The van der Waals surface area contributed by atoms with E-state index in [1.807, 2.05) is 24.3 Å². The lowest BCUT2D eigenvalue weighted by Crippen LogP contribution is -2.29. The second kappa shape index (κ2) is 7.17. The summed E-state index contributed by atoms with van der Waals surface area (Å²) in [6.07, 6.45) is -0.510. The largest absolute Gasteiger partial charge is 0.464 e. The Balaban J connectivity index is 1.61. The Labute approximate surface area is 140 Å². The van der Waals surface area contributed by atoms with Gasteiger partial charge in [-0.3, -0.25) is 4.79 Å². The van der Waals surface area contributed by atoms with Crippen LogP contribution in [0.4, 0.5) is 4.79 Å². The van der Waals surface area contributed by atoms with Gasteiger partial charge < -0.3 is 14.8 Å². The molecular weight excluding hydrogens is 306 g/mol. The molecule has 0 saturated carbocycles. The van der Waals surface area contributed by atoms with Crippen molar-refractivity contribution in [2.45, 2.75) is 12.8 Å². The summed E-state index contributed by atoms with van der Waals surface area (Å²) >= 11 is 0. The third-order valence-electron chi connectivity index (χ3n) is 4.02. The van der Waals surface area contributed by atoms with E-state index in [2.05, 4.69) is 29.6 Å². The molecule has 1 amide bonds. The molecule has 0 bridgehead atoms. The summed E-state index contributed by atoms with van der Waals surface area (Å²) in [6, 6.07) is 16.3. The van der Waals surface area contributed by atoms with E-state index in [-0.39, 0.29) is 31.6 Å². The fraction of sp³-hybridized carbons (Fsp3) is 0.263. The fourth-order valence-corrected chi connectivity index (χ4v) is 3.00. The van der Waals surface area contributed by atoms with Crippen molar-refractivity contribution < 1.29 is 19.1 Å². The van der Waals surface area contributed by atoms with Crippen molar-refractivity contribution in [2.24, 2.45) is 0 Å². The van der Waals surface area contributed by atoms with Gasteiger partial charge in [-0.2, -0.15) is 0 Å². The third-order valence-corrected chi connectivity index (χ3v) is 4.02. The highest BCUT2D eigenvalue weighted by Gasteiger charge is 2.28. The van der Waals surface area contributed by atoms with Gasteiger partial charge in [-0.05, 0) is 22.3 Å². The third kappa shape index (κ3) is 3.40. The van der Waals surface area contributed by atoms with Crippen LogP contribution >= 0.6 is 0 Å². The van der Waals surface area contributed by atoms with Crippen molar-refractivity contribution in [3.05, 3.63) is 59.7 Å². The van der Waals surface area contributed by atoms with E-state index in [0.717, 1.165) is 0 Å². The fourth-order valence-electron chi connectivity index (χ4n) is 3.00. The van der Waals surface area contributed by atoms with Crippen LogP contribution in [-0.4, -0.2) is 31.8 Å². The van der Waals surface area contributed by atoms with Crippen LogP contribution in [0.15, 0.2) is 48.5 Å².